The number of hydrogen-bond acceptors (Lipinski definition) is 2. The van der Waals surface area contributed by atoms with Gasteiger partial charge in [0.05, 0.1) is 0 Å². The summed E-state index contributed by atoms with van der Waals surface area (Å²) >= 11 is -1.18. The summed E-state index contributed by atoms with van der Waals surface area (Å²) in [7, 11) is 0. The van der Waals surface area contributed by atoms with E-state index in [-0.39, 0.29) is 0 Å². The van der Waals surface area contributed by atoms with Crippen molar-refractivity contribution in [3.63, 3.8) is 0 Å². The van der Waals surface area contributed by atoms with E-state index in [1.54, 1.807) is 0 Å². The molecule has 0 bridgehead atoms. The highest BCUT2D eigenvalue weighted by atomic mass is 32.2. The zero-order chi connectivity index (χ0) is 4.99. The highest BCUT2D eigenvalue weighted by Crippen LogP contribution is 1.73. The van der Waals surface area contributed by atoms with Crippen LogP contribution in [0.1, 0.15) is 0 Å². The van der Waals surface area contributed by atoms with Gasteiger partial charge in [-0.3, -0.25) is 0 Å². The number of hydrogen-bond donors (Lipinski definition) is 1. The van der Waals surface area contributed by atoms with Gasteiger partial charge in [-0.1, -0.05) is 6.58 Å². The molecule has 2 nitrogen and oxygen atoms in total. The quantitative estimate of drug-likeness (QED) is 0.390. The van der Waals surface area contributed by atoms with E-state index in [0.717, 1.165) is 0 Å². The fourth-order valence-corrected chi connectivity index (χ4v) is 0.348. The minimum atomic E-state index is -1.18. The smallest absolute Gasteiger partial charge is 0.143 e. The fourth-order valence-electron chi connectivity index (χ4n) is 0.116. The van der Waals surface area contributed by atoms with E-state index in [1.807, 2.05) is 0 Å². The summed E-state index contributed by atoms with van der Waals surface area (Å²) < 4.78 is 9.86. The second kappa shape index (κ2) is 3.21. The van der Waals surface area contributed by atoms with Crippen molar-refractivity contribution in [2.24, 2.45) is 5.14 Å². The molecule has 0 aromatic carbocycles. The Labute approximate surface area is 40.3 Å². The van der Waals surface area contributed by atoms with E-state index in [1.165, 1.54) is 6.08 Å². The second-order valence-electron chi connectivity index (χ2n) is 0.836. The summed E-state index contributed by atoms with van der Waals surface area (Å²) in [5.41, 5.74) is 0. The lowest BCUT2D eigenvalue weighted by molar-refractivity contribution is 0.599. The van der Waals surface area contributed by atoms with Gasteiger partial charge in [-0.15, -0.1) is 0 Å². The Hall–Kier alpha value is 0.01000. The van der Waals surface area contributed by atoms with Crippen LogP contribution in [0.3, 0.4) is 0 Å². The van der Waals surface area contributed by atoms with Gasteiger partial charge in [0, 0.05) is 11.4 Å². The van der Waals surface area contributed by atoms with Crippen molar-refractivity contribution < 1.29 is 4.55 Å². The summed E-state index contributed by atoms with van der Waals surface area (Å²) in [6, 6.07) is 0. The minimum absolute atomic E-state index is 0.389. The first-order chi connectivity index (χ1) is 2.77. The summed E-state index contributed by atoms with van der Waals surface area (Å²) in [5.74, 6) is 0.389. The summed E-state index contributed by atoms with van der Waals surface area (Å²) in [4.78, 5) is 0. The average Bonchev–Trinajstić information content (AvgIpc) is 1.35. The molecule has 0 aliphatic rings. The maximum Gasteiger partial charge on any atom is 0.143 e. The third-order valence-electron chi connectivity index (χ3n) is 0.282. The van der Waals surface area contributed by atoms with Gasteiger partial charge in [-0.2, -0.15) is 5.14 Å². The fraction of sp³-hybridized carbons (Fsp3) is 0.333. The Balaban J connectivity index is 2.81. The first-order valence-corrected chi connectivity index (χ1v) is 2.89. The lowest BCUT2D eigenvalue weighted by Crippen LogP contribution is -2.14. The molecule has 0 aliphatic carbocycles. The second-order valence-corrected chi connectivity index (χ2v) is 1.93. The monoisotopic (exact) mass is 105 g/mol. The molecule has 0 aromatic heterocycles. The van der Waals surface area contributed by atoms with Crippen molar-refractivity contribution in [2.45, 2.75) is 0 Å². The molecule has 0 rings (SSSR count). The summed E-state index contributed by atoms with van der Waals surface area (Å²) in [6.45, 7) is 3.33. The Kier molecular flexibility index (Phi) is 3.21. The molecular formula is C3H7NOS. The highest BCUT2D eigenvalue weighted by molar-refractivity contribution is 7.89. The van der Waals surface area contributed by atoms with E-state index in [0.29, 0.717) is 5.75 Å². The van der Waals surface area contributed by atoms with Crippen LogP contribution >= 0.6 is 0 Å². The van der Waals surface area contributed by atoms with Crippen LogP contribution in [0, 0.1) is 0 Å². The van der Waals surface area contributed by atoms with E-state index < -0.39 is 11.4 Å². The molecule has 0 amide bonds. The van der Waals surface area contributed by atoms with Crippen molar-refractivity contribution in [1.29, 1.82) is 0 Å². The predicted octanol–water partition coefficient (Wildman–Crippen LogP) is -0.205. The molecule has 0 fully saturated rings. The SMILES string of the molecule is C=CC[S@+](N)[O-]. The molecule has 3 heteroatoms. The van der Waals surface area contributed by atoms with Crippen LogP contribution in [0.4, 0.5) is 0 Å². The van der Waals surface area contributed by atoms with Crippen LogP contribution in [0.2, 0.25) is 0 Å². The van der Waals surface area contributed by atoms with Crippen molar-refractivity contribution in [1.82, 2.24) is 0 Å². The Morgan fingerprint density at radius 1 is 2.00 bits per heavy atom. The zero-order valence-electron chi connectivity index (χ0n) is 3.39. The van der Waals surface area contributed by atoms with Crippen molar-refractivity contribution >= 4 is 11.4 Å². The maximum absolute atomic E-state index is 9.86. The van der Waals surface area contributed by atoms with Crippen LogP contribution in [0.25, 0.3) is 0 Å². The normalized spacial score (nSPS) is 13.7. The van der Waals surface area contributed by atoms with E-state index >= 15 is 0 Å². The van der Waals surface area contributed by atoms with E-state index in [4.69, 9.17) is 5.14 Å². The molecular weight excluding hydrogens is 98.1 g/mol. The highest BCUT2D eigenvalue weighted by Gasteiger charge is 1.86. The predicted molar refractivity (Wildman–Crippen MR) is 27.4 cm³/mol. The van der Waals surface area contributed by atoms with E-state index in [2.05, 4.69) is 6.58 Å². The zero-order valence-corrected chi connectivity index (χ0v) is 4.20. The molecule has 36 valence electrons. The maximum atomic E-state index is 9.86. The Morgan fingerprint density at radius 3 is 2.50 bits per heavy atom. The average molecular weight is 105 g/mol. The minimum Gasteiger partial charge on any atom is -0.598 e. The molecule has 0 saturated heterocycles. The molecule has 0 radical (unpaired) electrons. The summed E-state index contributed by atoms with van der Waals surface area (Å²) in [6.07, 6.45) is 1.52. The lowest BCUT2D eigenvalue weighted by Gasteiger charge is -1.94. The third kappa shape index (κ3) is 4.01. The number of nitrogens with two attached hydrogens (primary N) is 1. The molecule has 0 aromatic rings. The van der Waals surface area contributed by atoms with Crippen molar-refractivity contribution in [3.8, 4) is 0 Å². The molecule has 0 heterocycles. The molecule has 0 saturated carbocycles. The van der Waals surface area contributed by atoms with Crippen LogP contribution in [0.15, 0.2) is 12.7 Å². The van der Waals surface area contributed by atoms with Gasteiger partial charge in [-0.05, 0) is 6.08 Å². The largest absolute Gasteiger partial charge is 0.598 e. The van der Waals surface area contributed by atoms with Crippen LogP contribution < -0.4 is 5.14 Å². The van der Waals surface area contributed by atoms with Crippen molar-refractivity contribution in [3.05, 3.63) is 12.7 Å². The third-order valence-corrected chi connectivity index (χ3v) is 0.846. The summed E-state index contributed by atoms with van der Waals surface area (Å²) in [5, 5.41) is 4.80. The van der Waals surface area contributed by atoms with Gasteiger partial charge in [0.25, 0.3) is 0 Å². The first-order valence-electron chi connectivity index (χ1n) is 1.51. The van der Waals surface area contributed by atoms with Crippen LogP contribution in [-0.2, 0) is 11.4 Å². The van der Waals surface area contributed by atoms with Crippen LogP contribution in [-0.4, -0.2) is 10.3 Å². The van der Waals surface area contributed by atoms with Gasteiger partial charge in [0.15, 0.2) is 0 Å². The topological polar surface area (TPSA) is 49.1 Å². The van der Waals surface area contributed by atoms with Crippen LogP contribution in [0.5, 0.6) is 0 Å². The molecule has 2 N–H and O–H groups in total. The van der Waals surface area contributed by atoms with Gasteiger partial charge < -0.3 is 4.55 Å². The van der Waals surface area contributed by atoms with E-state index in [9.17, 15) is 4.55 Å². The number of rotatable bonds is 2. The van der Waals surface area contributed by atoms with Gasteiger partial charge in [-0.25, -0.2) is 0 Å². The molecule has 1 atom stereocenters. The molecule has 0 unspecified atom stereocenters. The first kappa shape index (κ1) is 6.01. The Morgan fingerprint density at radius 2 is 2.50 bits per heavy atom. The lowest BCUT2D eigenvalue weighted by atomic mass is 10.8. The molecule has 6 heavy (non-hydrogen) atoms. The molecule has 0 spiro atoms. The van der Waals surface area contributed by atoms with Gasteiger partial charge >= 0.3 is 0 Å². The Bertz CT molecular complexity index is 46.1. The van der Waals surface area contributed by atoms with Gasteiger partial charge in [0.2, 0.25) is 0 Å². The standard InChI is InChI=1S/C3H7NOS/c1-2-3-6(4)5/h2H,1,3-4H2/t6-/m1/s1. The van der Waals surface area contributed by atoms with Crippen molar-refractivity contribution in [2.75, 3.05) is 5.75 Å². The van der Waals surface area contributed by atoms with Gasteiger partial charge in [0.1, 0.15) is 5.75 Å². The molecule has 0 aliphatic heterocycles.